The number of rotatable bonds is 9. The average molecular weight is 343 g/mol. The number of nitrogens with zero attached hydrogens (tertiary/aromatic N) is 1. The maximum absolute atomic E-state index is 12.5. The molecule has 9 nitrogen and oxygen atoms in total. The quantitative estimate of drug-likeness (QED) is 0.274. The minimum absolute atomic E-state index is 0.0440. The van der Waals surface area contributed by atoms with E-state index in [4.69, 9.17) is 5.73 Å². The molecule has 23 heavy (non-hydrogen) atoms. The third-order valence-electron chi connectivity index (χ3n) is 3.35. The van der Waals surface area contributed by atoms with Gasteiger partial charge in [-0.1, -0.05) is 0 Å². The van der Waals surface area contributed by atoms with Gasteiger partial charge in [0, 0.05) is 19.3 Å². The summed E-state index contributed by atoms with van der Waals surface area (Å²) in [6.45, 7) is 1.85. The zero-order valence-corrected chi connectivity index (χ0v) is 13.8. The Labute approximate surface area is 138 Å². The molecule has 3 unspecified atom stereocenters. The highest BCUT2D eigenvalue weighted by Gasteiger charge is 2.34. The molecule has 3 atom stereocenters. The van der Waals surface area contributed by atoms with Crippen LogP contribution < -0.4 is 21.7 Å². The van der Waals surface area contributed by atoms with E-state index in [-0.39, 0.29) is 6.54 Å². The van der Waals surface area contributed by atoms with Crippen LogP contribution in [0, 0.1) is 0 Å². The highest BCUT2D eigenvalue weighted by Crippen LogP contribution is 2.30. The molecule has 0 bridgehead atoms. The van der Waals surface area contributed by atoms with E-state index in [0.29, 0.717) is 30.6 Å². The molecule has 0 fully saturated rings. The summed E-state index contributed by atoms with van der Waals surface area (Å²) in [5.74, 6) is 0.132. The van der Waals surface area contributed by atoms with Gasteiger partial charge in [0.25, 0.3) is 5.91 Å². The van der Waals surface area contributed by atoms with E-state index in [1.54, 1.807) is 11.9 Å². The second-order valence-electron chi connectivity index (χ2n) is 4.93. The molecule has 0 aromatic rings. The van der Waals surface area contributed by atoms with E-state index >= 15 is 0 Å². The molecule has 0 aliphatic carbocycles. The topological polar surface area (TPSA) is 134 Å². The van der Waals surface area contributed by atoms with Crippen LogP contribution in [-0.4, -0.2) is 66.8 Å². The Hall–Kier alpha value is -2.07. The number of aldehydes is 1. The SMILES string of the molecule is CC1=C(C(=O)NC(CN)NC=O)N(C)C(C(C=O)NC=O)SC1. The van der Waals surface area contributed by atoms with Gasteiger partial charge in [0.05, 0.1) is 0 Å². The summed E-state index contributed by atoms with van der Waals surface area (Å²) in [5.41, 5.74) is 6.69. The Morgan fingerprint density at radius 2 is 2.04 bits per heavy atom. The van der Waals surface area contributed by atoms with Gasteiger partial charge in [0.15, 0.2) is 0 Å². The van der Waals surface area contributed by atoms with Crippen LogP contribution in [0.2, 0.25) is 0 Å². The van der Waals surface area contributed by atoms with Crippen molar-refractivity contribution >= 4 is 36.8 Å². The molecule has 5 N–H and O–H groups in total. The number of thioether (sulfide) groups is 1. The van der Waals surface area contributed by atoms with Crippen LogP contribution in [0.15, 0.2) is 11.3 Å². The monoisotopic (exact) mass is 343 g/mol. The van der Waals surface area contributed by atoms with Crippen molar-refractivity contribution in [3.63, 3.8) is 0 Å². The largest absolute Gasteiger partial charge is 0.356 e. The molecule has 0 saturated heterocycles. The molecule has 1 rings (SSSR count). The fourth-order valence-electron chi connectivity index (χ4n) is 2.26. The number of carbonyl (C=O) groups excluding carboxylic acids is 4. The van der Waals surface area contributed by atoms with Crippen molar-refractivity contribution in [3.05, 3.63) is 11.3 Å². The molecule has 3 amide bonds. The summed E-state index contributed by atoms with van der Waals surface area (Å²) in [5, 5.41) is 7.04. The van der Waals surface area contributed by atoms with Gasteiger partial charge in [-0.2, -0.15) is 0 Å². The van der Waals surface area contributed by atoms with E-state index in [9.17, 15) is 19.2 Å². The zero-order valence-electron chi connectivity index (χ0n) is 12.9. The fourth-order valence-corrected chi connectivity index (χ4v) is 3.50. The van der Waals surface area contributed by atoms with E-state index < -0.39 is 23.5 Å². The fraction of sp³-hybridized carbons (Fsp3) is 0.538. The molecule has 1 aliphatic rings. The predicted molar refractivity (Wildman–Crippen MR) is 85.9 cm³/mol. The van der Waals surface area contributed by atoms with Crippen LogP contribution in [0.1, 0.15) is 6.92 Å². The zero-order chi connectivity index (χ0) is 17.4. The van der Waals surface area contributed by atoms with Crippen molar-refractivity contribution in [1.29, 1.82) is 0 Å². The van der Waals surface area contributed by atoms with Crippen LogP contribution in [0.3, 0.4) is 0 Å². The number of amides is 3. The molecule has 128 valence electrons. The lowest BCUT2D eigenvalue weighted by Gasteiger charge is -2.38. The first-order chi connectivity index (χ1) is 11.0. The number of hydrogen-bond donors (Lipinski definition) is 4. The Morgan fingerprint density at radius 3 is 2.57 bits per heavy atom. The normalized spacial score (nSPS) is 20.3. The van der Waals surface area contributed by atoms with Crippen LogP contribution >= 0.6 is 11.8 Å². The Bertz CT molecular complexity index is 499. The third kappa shape index (κ3) is 4.70. The summed E-state index contributed by atoms with van der Waals surface area (Å²) in [6.07, 6.45) is 0.863. The summed E-state index contributed by atoms with van der Waals surface area (Å²) >= 11 is 1.45. The van der Waals surface area contributed by atoms with Gasteiger partial charge in [-0.05, 0) is 12.5 Å². The van der Waals surface area contributed by atoms with Gasteiger partial charge in [-0.25, -0.2) is 0 Å². The minimum atomic E-state index is -0.739. The average Bonchev–Trinajstić information content (AvgIpc) is 2.53. The van der Waals surface area contributed by atoms with Crippen molar-refractivity contribution in [1.82, 2.24) is 20.9 Å². The highest BCUT2D eigenvalue weighted by atomic mass is 32.2. The Kier molecular flexibility index (Phi) is 7.55. The van der Waals surface area contributed by atoms with Gasteiger partial charge in [0.2, 0.25) is 12.8 Å². The maximum atomic E-state index is 12.5. The van der Waals surface area contributed by atoms with E-state index in [0.717, 1.165) is 5.57 Å². The Morgan fingerprint density at radius 1 is 1.39 bits per heavy atom. The summed E-state index contributed by atoms with van der Waals surface area (Å²) in [4.78, 5) is 46.4. The molecular weight excluding hydrogens is 322 g/mol. The standard InChI is InChI=1S/C13H21N5O4S/c1-8-5-23-13(9(4-19)15-6-20)18(2)11(8)12(22)17-10(3-14)16-7-21/h4,6-7,9-10,13H,3,5,14H2,1-2H3,(H,15,20)(H,16,21)(H,17,22). The van der Waals surface area contributed by atoms with E-state index in [1.807, 2.05) is 6.92 Å². The van der Waals surface area contributed by atoms with Gasteiger partial charge in [0.1, 0.15) is 29.6 Å². The number of nitrogens with one attached hydrogen (secondary N) is 3. The number of nitrogens with two attached hydrogens (primary N) is 1. The lowest BCUT2D eigenvalue weighted by Crippen LogP contribution is -2.55. The van der Waals surface area contributed by atoms with Gasteiger partial charge in [-0.3, -0.25) is 14.4 Å². The van der Waals surface area contributed by atoms with Crippen LogP contribution in [0.25, 0.3) is 0 Å². The minimum Gasteiger partial charge on any atom is -0.356 e. The molecule has 0 saturated carbocycles. The third-order valence-corrected chi connectivity index (χ3v) is 4.90. The van der Waals surface area contributed by atoms with Crippen molar-refractivity contribution < 1.29 is 19.2 Å². The van der Waals surface area contributed by atoms with Crippen molar-refractivity contribution in [2.75, 3.05) is 19.3 Å². The molecule has 0 aromatic carbocycles. The van der Waals surface area contributed by atoms with Crippen LogP contribution in [0.4, 0.5) is 0 Å². The number of carbonyl (C=O) groups is 4. The summed E-state index contributed by atoms with van der Waals surface area (Å²) < 4.78 is 0. The first kappa shape index (κ1) is 19.0. The lowest BCUT2D eigenvalue weighted by molar-refractivity contribution is -0.120. The molecule has 10 heteroatoms. The molecule has 1 heterocycles. The molecular formula is C13H21N5O4S. The number of hydrogen-bond acceptors (Lipinski definition) is 7. The lowest BCUT2D eigenvalue weighted by atomic mass is 10.2. The van der Waals surface area contributed by atoms with Crippen molar-refractivity contribution in [3.8, 4) is 0 Å². The number of likely N-dealkylation sites (N-methyl/N-ethyl adjacent to an activating group) is 1. The molecule has 0 radical (unpaired) electrons. The maximum Gasteiger partial charge on any atom is 0.269 e. The molecule has 0 aromatic heterocycles. The second kappa shape index (κ2) is 9.16. The Balaban J connectivity index is 2.94. The molecule has 1 aliphatic heterocycles. The van der Waals surface area contributed by atoms with E-state index in [1.165, 1.54) is 11.8 Å². The molecule has 0 spiro atoms. The van der Waals surface area contributed by atoms with Gasteiger partial charge in [-0.15, -0.1) is 11.8 Å². The van der Waals surface area contributed by atoms with Gasteiger partial charge >= 0.3 is 0 Å². The van der Waals surface area contributed by atoms with Crippen LogP contribution in [0.5, 0.6) is 0 Å². The first-order valence-corrected chi connectivity index (χ1v) is 7.94. The summed E-state index contributed by atoms with van der Waals surface area (Å²) in [6, 6.07) is -0.739. The summed E-state index contributed by atoms with van der Waals surface area (Å²) in [7, 11) is 1.67. The smallest absolute Gasteiger partial charge is 0.269 e. The van der Waals surface area contributed by atoms with Crippen molar-refractivity contribution in [2.45, 2.75) is 24.5 Å². The second-order valence-corrected chi connectivity index (χ2v) is 6.04. The van der Waals surface area contributed by atoms with E-state index in [2.05, 4.69) is 16.0 Å². The van der Waals surface area contributed by atoms with Crippen LogP contribution in [-0.2, 0) is 19.2 Å². The van der Waals surface area contributed by atoms with Crippen molar-refractivity contribution in [2.24, 2.45) is 5.73 Å². The predicted octanol–water partition coefficient (Wildman–Crippen LogP) is -2.27. The van der Waals surface area contributed by atoms with Gasteiger partial charge < -0.3 is 31.4 Å². The first-order valence-electron chi connectivity index (χ1n) is 6.89. The highest BCUT2D eigenvalue weighted by molar-refractivity contribution is 8.00.